The molecule has 2 rings (SSSR count). The molecule has 0 aromatic rings. The zero-order valence-electron chi connectivity index (χ0n) is 9.63. The van der Waals surface area contributed by atoms with Gasteiger partial charge in [-0.1, -0.05) is 0 Å². The van der Waals surface area contributed by atoms with Gasteiger partial charge in [0, 0.05) is 6.54 Å². The second-order valence-corrected chi connectivity index (χ2v) is 4.47. The van der Waals surface area contributed by atoms with Crippen LogP contribution in [0.15, 0.2) is 0 Å². The van der Waals surface area contributed by atoms with Gasteiger partial charge >= 0.3 is 5.97 Å². The van der Waals surface area contributed by atoms with E-state index in [0.29, 0.717) is 25.7 Å². The first-order chi connectivity index (χ1) is 8.18. The van der Waals surface area contributed by atoms with Gasteiger partial charge in [-0.3, -0.25) is 4.79 Å². The van der Waals surface area contributed by atoms with Gasteiger partial charge in [0.15, 0.2) is 6.04 Å². The molecule has 1 unspecified atom stereocenters. The number of carboxylic acid groups (broad SMARTS) is 1. The molecule has 1 heterocycles. The summed E-state index contributed by atoms with van der Waals surface area (Å²) in [5.74, 6) is -0.690. The smallest absolute Gasteiger partial charge is 0.328 e. The lowest BCUT2D eigenvalue weighted by Gasteiger charge is -2.32. The van der Waals surface area contributed by atoms with Crippen LogP contribution in [0.5, 0.6) is 0 Å². The molecule has 1 aliphatic heterocycles. The monoisotopic (exact) mass is 243 g/mol. The molecular formula is C11H17NO5. The van der Waals surface area contributed by atoms with E-state index < -0.39 is 12.0 Å². The number of morpholine rings is 1. The molecule has 2 fully saturated rings. The van der Waals surface area contributed by atoms with Crippen molar-refractivity contribution >= 4 is 11.9 Å². The average Bonchev–Trinajstić information content (AvgIpc) is 3.13. The lowest BCUT2D eigenvalue weighted by atomic mass is 10.2. The van der Waals surface area contributed by atoms with Gasteiger partial charge in [0.2, 0.25) is 5.91 Å². The van der Waals surface area contributed by atoms with Crippen molar-refractivity contribution in [2.75, 3.05) is 33.0 Å². The van der Waals surface area contributed by atoms with Crippen LogP contribution in [-0.2, 0) is 19.1 Å². The van der Waals surface area contributed by atoms with E-state index in [9.17, 15) is 9.59 Å². The molecule has 96 valence electrons. The van der Waals surface area contributed by atoms with Gasteiger partial charge in [-0.05, 0) is 18.8 Å². The summed E-state index contributed by atoms with van der Waals surface area (Å²) in [6, 6.07) is -0.874. The summed E-state index contributed by atoms with van der Waals surface area (Å²) >= 11 is 0. The topological polar surface area (TPSA) is 76.1 Å². The third-order valence-corrected chi connectivity index (χ3v) is 3.01. The summed E-state index contributed by atoms with van der Waals surface area (Å²) in [6.45, 7) is 1.35. The molecule has 0 aromatic heterocycles. The lowest BCUT2D eigenvalue weighted by molar-refractivity contribution is -0.160. The van der Waals surface area contributed by atoms with Crippen molar-refractivity contribution in [2.45, 2.75) is 18.9 Å². The maximum atomic E-state index is 11.8. The van der Waals surface area contributed by atoms with Gasteiger partial charge < -0.3 is 19.5 Å². The number of amides is 1. The highest BCUT2D eigenvalue weighted by Gasteiger charge is 2.32. The van der Waals surface area contributed by atoms with E-state index in [2.05, 4.69) is 0 Å². The Bertz CT molecular complexity index is 302. The van der Waals surface area contributed by atoms with E-state index in [0.717, 1.165) is 0 Å². The van der Waals surface area contributed by atoms with Crippen LogP contribution in [0.3, 0.4) is 0 Å². The quantitative estimate of drug-likeness (QED) is 0.719. The highest BCUT2D eigenvalue weighted by atomic mass is 16.5. The van der Waals surface area contributed by atoms with Crippen molar-refractivity contribution in [3.05, 3.63) is 0 Å². The Morgan fingerprint density at radius 2 is 2.18 bits per heavy atom. The van der Waals surface area contributed by atoms with E-state index in [1.54, 1.807) is 0 Å². The first-order valence-corrected chi connectivity index (χ1v) is 5.86. The van der Waals surface area contributed by atoms with Crippen LogP contribution in [0, 0.1) is 5.92 Å². The van der Waals surface area contributed by atoms with Crippen molar-refractivity contribution in [3.8, 4) is 0 Å². The standard InChI is InChI=1S/C11H17NO5/c13-10(7-17-5-8-1-2-8)12-3-4-16-6-9(12)11(14)15/h8-9H,1-7H2,(H,14,15). The summed E-state index contributed by atoms with van der Waals surface area (Å²) in [7, 11) is 0. The third kappa shape index (κ3) is 3.41. The van der Waals surface area contributed by atoms with Crippen LogP contribution >= 0.6 is 0 Å². The molecule has 0 radical (unpaired) electrons. The SMILES string of the molecule is O=C(O)C1COCCN1C(=O)COCC1CC1. The zero-order valence-corrected chi connectivity index (χ0v) is 9.63. The second-order valence-electron chi connectivity index (χ2n) is 4.47. The van der Waals surface area contributed by atoms with E-state index >= 15 is 0 Å². The molecule has 1 amide bonds. The minimum Gasteiger partial charge on any atom is -0.480 e. The van der Waals surface area contributed by atoms with Gasteiger partial charge in [-0.15, -0.1) is 0 Å². The molecule has 2 aliphatic rings. The fourth-order valence-electron chi connectivity index (χ4n) is 1.79. The number of hydrogen-bond donors (Lipinski definition) is 1. The summed E-state index contributed by atoms with van der Waals surface area (Å²) < 4.78 is 10.3. The molecule has 0 aromatic carbocycles. The molecule has 1 atom stereocenters. The summed E-state index contributed by atoms with van der Waals surface area (Å²) in [6.07, 6.45) is 2.34. The van der Waals surface area contributed by atoms with E-state index in [1.165, 1.54) is 17.7 Å². The van der Waals surface area contributed by atoms with E-state index in [-0.39, 0.29) is 19.1 Å². The normalized spacial score (nSPS) is 24.7. The predicted octanol–water partition coefficient (Wildman–Crippen LogP) is -0.275. The number of nitrogens with zero attached hydrogens (tertiary/aromatic N) is 1. The number of aliphatic carboxylic acids is 1. The van der Waals surface area contributed by atoms with Crippen molar-refractivity contribution < 1.29 is 24.2 Å². The van der Waals surface area contributed by atoms with Crippen molar-refractivity contribution in [2.24, 2.45) is 5.92 Å². The highest BCUT2D eigenvalue weighted by Crippen LogP contribution is 2.28. The maximum Gasteiger partial charge on any atom is 0.328 e. The van der Waals surface area contributed by atoms with Crippen LogP contribution < -0.4 is 0 Å². The van der Waals surface area contributed by atoms with Crippen molar-refractivity contribution in [1.82, 2.24) is 4.90 Å². The summed E-state index contributed by atoms with van der Waals surface area (Å²) in [4.78, 5) is 24.1. The summed E-state index contributed by atoms with van der Waals surface area (Å²) in [5, 5.41) is 8.97. The molecule has 6 heteroatoms. The van der Waals surface area contributed by atoms with Crippen LogP contribution in [0.2, 0.25) is 0 Å². The van der Waals surface area contributed by atoms with E-state index in [1.807, 2.05) is 0 Å². The third-order valence-electron chi connectivity index (χ3n) is 3.01. The molecular weight excluding hydrogens is 226 g/mol. The van der Waals surface area contributed by atoms with Gasteiger partial charge in [-0.25, -0.2) is 4.79 Å². The fraction of sp³-hybridized carbons (Fsp3) is 0.818. The van der Waals surface area contributed by atoms with Crippen LogP contribution in [-0.4, -0.2) is 60.9 Å². The Morgan fingerprint density at radius 1 is 1.41 bits per heavy atom. The molecule has 1 saturated carbocycles. The number of carboxylic acids is 1. The Kier molecular flexibility index (Phi) is 3.96. The molecule has 1 saturated heterocycles. The lowest BCUT2D eigenvalue weighted by Crippen LogP contribution is -2.53. The largest absolute Gasteiger partial charge is 0.480 e. The average molecular weight is 243 g/mol. The van der Waals surface area contributed by atoms with Gasteiger partial charge in [0.05, 0.1) is 19.8 Å². The number of ether oxygens (including phenoxy) is 2. The Hall–Kier alpha value is -1.14. The Balaban J connectivity index is 1.79. The molecule has 0 bridgehead atoms. The van der Waals surface area contributed by atoms with Crippen molar-refractivity contribution in [1.29, 1.82) is 0 Å². The maximum absolute atomic E-state index is 11.8. The summed E-state index contributed by atoms with van der Waals surface area (Å²) in [5.41, 5.74) is 0. The first kappa shape index (κ1) is 12.3. The number of rotatable bonds is 5. The van der Waals surface area contributed by atoms with Gasteiger partial charge in [0.25, 0.3) is 0 Å². The molecule has 17 heavy (non-hydrogen) atoms. The minimum atomic E-state index is -1.03. The van der Waals surface area contributed by atoms with Crippen molar-refractivity contribution in [3.63, 3.8) is 0 Å². The Morgan fingerprint density at radius 3 is 2.82 bits per heavy atom. The highest BCUT2D eigenvalue weighted by molar-refractivity contribution is 5.84. The molecule has 1 aliphatic carbocycles. The van der Waals surface area contributed by atoms with Crippen LogP contribution in [0.4, 0.5) is 0 Å². The van der Waals surface area contributed by atoms with Crippen LogP contribution in [0.1, 0.15) is 12.8 Å². The second kappa shape index (κ2) is 5.46. The zero-order chi connectivity index (χ0) is 12.3. The van der Waals surface area contributed by atoms with Gasteiger partial charge in [-0.2, -0.15) is 0 Å². The van der Waals surface area contributed by atoms with Gasteiger partial charge in [0.1, 0.15) is 6.61 Å². The fourth-order valence-corrected chi connectivity index (χ4v) is 1.79. The molecule has 0 spiro atoms. The van der Waals surface area contributed by atoms with Crippen LogP contribution in [0.25, 0.3) is 0 Å². The molecule has 1 N–H and O–H groups in total. The minimum absolute atomic E-state index is 0.0275. The first-order valence-electron chi connectivity index (χ1n) is 5.86. The number of carbonyl (C=O) groups excluding carboxylic acids is 1. The predicted molar refractivity (Wildman–Crippen MR) is 57.5 cm³/mol. The molecule has 6 nitrogen and oxygen atoms in total. The number of carbonyl (C=O) groups is 2. The Labute approximate surface area is 99.5 Å². The van der Waals surface area contributed by atoms with E-state index in [4.69, 9.17) is 14.6 Å². The number of hydrogen-bond acceptors (Lipinski definition) is 4.